The number of nitrogens with zero attached hydrogens (tertiary/aromatic N) is 3. The van der Waals surface area contributed by atoms with Gasteiger partial charge in [-0.2, -0.15) is 0 Å². The van der Waals surface area contributed by atoms with Crippen LogP contribution < -0.4 is 5.32 Å². The Labute approximate surface area is 93.9 Å². The predicted molar refractivity (Wildman–Crippen MR) is 60.0 cm³/mol. The van der Waals surface area contributed by atoms with Crippen molar-refractivity contribution in [3.05, 3.63) is 35.6 Å². The quantitative estimate of drug-likeness (QED) is 0.856. The normalized spacial score (nSPS) is 12.4. The maximum atomic E-state index is 5.13. The summed E-state index contributed by atoms with van der Waals surface area (Å²) in [6, 6.07) is 1.94. The molecular weight excluding hydrogens is 204 g/mol. The van der Waals surface area contributed by atoms with Gasteiger partial charge in [0.15, 0.2) is 0 Å². The number of anilines is 1. The monoisotopic (exact) mass is 218 g/mol. The fourth-order valence-corrected chi connectivity index (χ4v) is 1.78. The third-order valence-electron chi connectivity index (χ3n) is 2.47. The third-order valence-corrected chi connectivity index (χ3v) is 2.47. The molecule has 0 aliphatic rings. The molecule has 0 bridgehead atoms. The SMILES string of the molecule is Cc1noc(C)c1C(C)Nc1ccncn1. The van der Waals surface area contributed by atoms with E-state index in [-0.39, 0.29) is 6.04 Å². The van der Waals surface area contributed by atoms with E-state index in [0.29, 0.717) is 0 Å². The minimum Gasteiger partial charge on any atom is -0.363 e. The second-order valence-electron chi connectivity index (χ2n) is 3.70. The summed E-state index contributed by atoms with van der Waals surface area (Å²) in [5, 5.41) is 7.21. The molecule has 0 saturated heterocycles. The van der Waals surface area contributed by atoms with E-state index < -0.39 is 0 Å². The first kappa shape index (κ1) is 10.6. The molecule has 0 aliphatic heterocycles. The van der Waals surface area contributed by atoms with Crippen LogP contribution in [0.25, 0.3) is 0 Å². The fourth-order valence-electron chi connectivity index (χ4n) is 1.78. The zero-order valence-electron chi connectivity index (χ0n) is 9.56. The standard InChI is InChI=1S/C11H14N4O/c1-7(11-8(2)15-16-9(11)3)14-10-4-5-12-6-13-10/h4-7H,1-3H3,(H,12,13,14). The maximum absolute atomic E-state index is 5.13. The Kier molecular flexibility index (Phi) is 2.85. The smallest absolute Gasteiger partial charge is 0.139 e. The summed E-state index contributed by atoms with van der Waals surface area (Å²) in [5.74, 6) is 1.63. The van der Waals surface area contributed by atoms with Crippen molar-refractivity contribution in [2.24, 2.45) is 0 Å². The van der Waals surface area contributed by atoms with Crippen LogP contribution >= 0.6 is 0 Å². The highest BCUT2D eigenvalue weighted by Crippen LogP contribution is 2.23. The molecule has 1 atom stereocenters. The molecule has 2 rings (SSSR count). The number of nitrogens with one attached hydrogen (secondary N) is 1. The lowest BCUT2D eigenvalue weighted by atomic mass is 10.1. The van der Waals surface area contributed by atoms with Crippen LogP contribution in [0.5, 0.6) is 0 Å². The number of aromatic nitrogens is 3. The van der Waals surface area contributed by atoms with Crippen LogP contribution in [0.15, 0.2) is 23.1 Å². The Bertz CT molecular complexity index is 447. The first-order valence-electron chi connectivity index (χ1n) is 5.14. The van der Waals surface area contributed by atoms with Gasteiger partial charge in [0.25, 0.3) is 0 Å². The molecule has 0 spiro atoms. The van der Waals surface area contributed by atoms with Gasteiger partial charge in [0.1, 0.15) is 17.9 Å². The molecule has 5 heteroatoms. The van der Waals surface area contributed by atoms with Gasteiger partial charge in [-0.15, -0.1) is 0 Å². The first-order valence-corrected chi connectivity index (χ1v) is 5.14. The van der Waals surface area contributed by atoms with Crippen LogP contribution in [0.3, 0.4) is 0 Å². The topological polar surface area (TPSA) is 63.8 Å². The highest BCUT2D eigenvalue weighted by atomic mass is 16.5. The number of rotatable bonds is 3. The third kappa shape index (κ3) is 2.03. The summed E-state index contributed by atoms with van der Waals surface area (Å²) >= 11 is 0. The molecule has 5 nitrogen and oxygen atoms in total. The van der Waals surface area contributed by atoms with E-state index in [9.17, 15) is 0 Å². The molecule has 0 amide bonds. The van der Waals surface area contributed by atoms with Crippen molar-refractivity contribution >= 4 is 5.82 Å². The Morgan fingerprint density at radius 3 is 2.75 bits per heavy atom. The van der Waals surface area contributed by atoms with E-state index in [2.05, 4.69) is 27.4 Å². The van der Waals surface area contributed by atoms with E-state index >= 15 is 0 Å². The predicted octanol–water partition coefficient (Wildman–Crippen LogP) is 2.25. The maximum Gasteiger partial charge on any atom is 0.139 e. The van der Waals surface area contributed by atoms with E-state index in [4.69, 9.17) is 4.52 Å². The van der Waals surface area contributed by atoms with Crippen LogP contribution in [-0.2, 0) is 0 Å². The van der Waals surface area contributed by atoms with Gasteiger partial charge in [-0.3, -0.25) is 0 Å². The molecule has 84 valence electrons. The van der Waals surface area contributed by atoms with Gasteiger partial charge in [-0.1, -0.05) is 5.16 Å². The highest BCUT2D eigenvalue weighted by Gasteiger charge is 2.16. The molecule has 0 saturated carbocycles. The Morgan fingerprint density at radius 1 is 1.38 bits per heavy atom. The lowest BCUT2D eigenvalue weighted by molar-refractivity contribution is 0.392. The molecule has 0 aromatic carbocycles. The van der Waals surface area contributed by atoms with Crippen molar-refractivity contribution in [1.82, 2.24) is 15.1 Å². The van der Waals surface area contributed by atoms with E-state index in [1.54, 1.807) is 6.20 Å². The van der Waals surface area contributed by atoms with E-state index in [1.807, 2.05) is 19.9 Å². The average molecular weight is 218 g/mol. The molecule has 0 aliphatic carbocycles. The Morgan fingerprint density at radius 2 is 2.19 bits per heavy atom. The van der Waals surface area contributed by atoms with Gasteiger partial charge in [-0.05, 0) is 26.8 Å². The largest absolute Gasteiger partial charge is 0.363 e. The van der Waals surface area contributed by atoms with Crippen LogP contribution in [-0.4, -0.2) is 15.1 Å². The van der Waals surface area contributed by atoms with Gasteiger partial charge in [0.2, 0.25) is 0 Å². The highest BCUT2D eigenvalue weighted by molar-refractivity contribution is 5.38. The zero-order valence-corrected chi connectivity index (χ0v) is 9.56. The molecule has 2 aromatic rings. The molecular formula is C11H14N4O. The molecule has 0 fully saturated rings. The molecule has 1 N–H and O–H groups in total. The van der Waals surface area contributed by atoms with Gasteiger partial charge in [0, 0.05) is 11.8 Å². The summed E-state index contributed by atoms with van der Waals surface area (Å²) < 4.78 is 5.13. The fraction of sp³-hybridized carbons (Fsp3) is 0.364. The summed E-state index contributed by atoms with van der Waals surface area (Å²) in [5.41, 5.74) is 1.99. The van der Waals surface area contributed by atoms with E-state index in [0.717, 1.165) is 22.8 Å². The second-order valence-corrected chi connectivity index (χ2v) is 3.70. The summed E-state index contributed by atoms with van der Waals surface area (Å²) in [4.78, 5) is 7.98. The van der Waals surface area contributed by atoms with Crippen molar-refractivity contribution in [3.63, 3.8) is 0 Å². The molecule has 1 unspecified atom stereocenters. The van der Waals surface area contributed by atoms with Crippen molar-refractivity contribution in [2.75, 3.05) is 5.32 Å². The van der Waals surface area contributed by atoms with E-state index in [1.165, 1.54) is 6.33 Å². The second kappa shape index (κ2) is 4.30. The minimum absolute atomic E-state index is 0.112. The van der Waals surface area contributed by atoms with Gasteiger partial charge < -0.3 is 9.84 Å². The number of hydrogen-bond donors (Lipinski definition) is 1. The first-order chi connectivity index (χ1) is 7.68. The Balaban J connectivity index is 2.18. The van der Waals surface area contributed by atoms with Crippen molar-refractivity contribution in [1.29, 1.82) is 0 Å². The minimum atomic E-state index is 0.112. The Hall–Kier alpha value is -1.91. The molecule has 16 heavy (non-hydrogen) atoms. The summed E-state index contributed by atoms with van der Waals surface area (Å²) in [6.45, 7) is 5.89. The average Bonchev–Trinajstić information content (AvgIpc) is 2.60. The lowest BCUT2D eigenvalue weighted by Gasteiger charge is -2.13. The van der Waals surface area contributed by atoms with Crippen LogP contribution in [0.2, 0.25) is 0 Å². The summed E-state index contributed by atoms with van der Waals surface area (Å²) in [7, 11) is 0. The zero-order chi connectivity index (χ0) is 11.5. The van der Waals surface area contributed by atoms with Crippen molar-refractivity contribution in [2.45, 2.75) is 26.8 Å². The lowest BCUT2D eigenvalue weighted by Crippen LogP contribution is -2.09. The molecule has 2 heterocycles. The number of aryl methyl sites for hydroxylation is 2. The molecule has 2 aromatic heterocycles. The van der Waals surface area contributed by atoms with Crippen LogP contribution in [0.1, 0.15) is 30.0 Å². The van der Waals surface area contributed by atoms with Crippen LogP contribution in [0.4, 0.5) is 5.82 Å². The summed E-state index contributed by atoms with van der Waals surface area (Å²) in [6.07, 6.45) is 3.22. The van der Waals surface area contributed by atoms with Crippen molar-refractivity contribution < 1.29 is 4.52 Å². The van der Waals surface area contributed by atoms with Gasteiger partial charge in [0.05, 0.1) is 11.7 Å². The molecule has 0 radical (unpaired) electrons. The number of hydrogen-bond acceptors (Lipinski definition) is 5. The van der Waals surface area contributed by atoms with Crippen LogP contribution in [0, 0.1) is 13.8 Å². The van der Waals surface area contributed by atoms with Gasteiger partial charge in [-0.25, -0.2) is 9.97 Å². The van der Waals surface area contributed by atoms with Gasteiger partial charge >= 0.3 is 0 Å². The van der Waals surface area contributed by atoms with Crippen molar-refractivity contribution in [3.8, 4) is 0 Å².